The van der Waals surface area contributed by atoms with Crippen molar-refractivity contribution in [3.8, 4) is 0 Å². The lowest BCUT2D eigenvalue weighted by Crippen LogP contribution is -1.94. The van der Waals surface area contributed by atoms with Crippen LogP contribution in [0, 0.1) is 6.92 Å². The van der Waals surface area contributed by atoms with E-state index in [0.717, 1.165) is 21.0 Å². The number of hydrogen-bond donors (Lipinski definition) is 0. The monoisotopic (exact) mass is 338 g/mol. The standard InChI is InChI=1S/C13H10Cl4S/c1-7-6-18-13(12(7)17)11(16)5-8-2-3-9(14)10(15)4-8/h2-4,6,11H,5H2,1H3. The fourth-order valence-corrected chi connectivity index (χ4v) is 3.75. The lowest BCUT2D eigenvalue weighted by molar-refractivity contribution is 0.939. The van der Waals surface area contributed by atoms with Gasteiger partial charge in [-0.3, -0.25) is 0 Å². The molecule has 0 amide bonds. The largest absolute Gasteiger partial charge is 0.145 e. The Morgan fingerprint density at radius 2 is 1.89 bits per heavy atom. The minimum atomic E-state index is -0.145. The molecule has 96 valence electrons. The van der Waals surface area contributed by atoms with E-state index in [1.165, 1.54) is 0 Å². The Balaban J connectivity index is 2.18. The van der Waals surface area contributed by atoms with Gasteiger partial charge in [0.25, 0.3) is 0 Å². The van der Waals surface area contributed by atoms with E-state index in [1.54, 1.807) is 17.4 Å². The van der Waals surface area contributed by atoms with Gasteiger partial charge in [-0.15, -0.1) is 22.9 Å². The zero-order chi connectivity index (χ0) is 13.3. The molecule has 0 spiro atoms. The third kappa shape index (κ3) is 3.15. The van der Waals surface area contributed by atoms with E-state index < -0.39 is 0 Å². The smallest absolute Gasteiger partial charge is 0.0733 e. The Labute approximate surface area is 130 Å². The Morgan fingerprint density at radius 3 is 2.44 bits per heavy atom. The van der Waals surface area contributed by atoms with E-state index in [2.05, 4.69) is 0 Å². The van der Waals surface area contributed by atoms with E-state index in [0.29, 0.717) is 16.5 Å². The summed E-state index contributed by atoms with van der Waals surface area (Å²) < 4.78 is 0. The third-order valence-corrected chi connectivity index (χ3v) is 5.68. The molecule has 0 aliphatic carbocycles. The highest BCUT2D eigenvalue weighted by atomic mass is 35.5. The Kier molecular flexibility index (Phi) is 4.85. The summed E-state index contributed by atoms with van der Waals surface area (Å²) in [6.45, 7) is 1.98. The van der Waals surface area contributed by atoms with Crippen molar-refractivity contribution < 1.29 is 0 Å². The fourth-order valence-electron chi connectivity index (χ4n) is 1.63. The van der Waals surface area contributed by atoms with E-state index >= 15 is 0 Å². The normalized spacial score (nSPS) is 12.7. The maximum atomic E-state index is 6.40. The lowest BCUT2D eigenvalue weighted by Gasteiger charge is -2.09. The van der Waals surface area contributed by atoms with Gasteiger partial charge >= 0.3 is 0 Å². The molecule has 0 saturated heterocycles. The summed E-state index contributed by atoms with van der Waals surface area (Å²) in [5.74, 6) is 0. The average Bonchev–Trinajstić information content (AvgIpc) is 2.65. The van der Waals surface area contributed by atoms with Crippen LogP contribution < -0.4 is 0 Å². The van der Waals surface area contributed by atoms with Crippen molar-refractivity contribution in [2.75, 3.05) is 0 Å². The minimum absolute atomic E-state index is 0.145. The molecule has 5 heteroatoms. The van der Waals surface area contributed by atoms with Crippen molar-refractivity contribution >= 4 is 57.7 Å². The molecule has 0 aliphatic heterocycles. The summed E-state index contributed by atoms with van der Waals surface area (Å²) in [7, 11) is 0. The van der Waals surface area contributed by atoms with E-state index in [1.807, 2.05) is 24.4 Å². The molecule has 1 atom stereocenters. The number of rotatable bonds is 3. The first kappa shape index (κ1) is 14.5. The molecule has 0 aliphatic rings. The minimum Gasteiger partial charge on any atom is -0.145 e. The van der Waals surface area contributed by atoms with E-state index in [4.69, 9.17) is 46.4 Å². The van der Waals surface area contributed by atoms with Gasteiger partial charge in [-0.1, -0.05) is 40.9 Å². The van der Waals surface area contributed by atoms with Gasteiger partial charge in [-0.25, -0.2) is 0 Å². The molecule has 18 heavy (non-hydrogen) atoms. The van der Waals surface area contributed by atoms with Crippen LogP contribution in [0.1, 0.15) is 21.4 Å². The van der Waals surface area contributed by atoms with Crippen molar-refractivity contribution in [2.24, 2.45) is 0 Å². The predicted octanol–water partition coefficient (Wildman–Crippen LogP) is 6.54. The van der Waals surface area contributed by atoms with Crippen LogP contribution in [-0.4, -0.2) is 0 Å². The Bertz CT molecular complexity index is 562. The van der Waals surface area contributed by atoms with Gasteiger partial charge in [0.05, 0.1) is 20.4 Å². The van der Waals surface area contributed by atoms with E-state index in [9.17, 15) is 0 Å². The Hall–Kier alpha value is 0.0800. The molecule has 1 aromatic heterocycles. The van der Waals surface area contributed by atoms with Crippen LogP contribution in [0.5, 0.6) is 0 Å². The molecule has 1 unspecified atom stereocenters. The number of hydrogen-bond acceptors (Lipinski definition) is 1. The van der Waals surface area contributed by atoms with Crippen LogP contribution in [-0.2, 0) is 6.42 Å². The molecular formula is C13H10Cl4S. The molecule has 0 radical (unpaired) electrons. The maximum absolute atomic E-state index is 6.40. The molecule has 1 aromatic carbocycles. The van der Waals surface area contributed by atoms with Crippen molar-refractivity contribution in [3.05, 3.63) is 54.7 Å². The highest BCUT2D eigenvalue weighted by Crippen LogP contribution is 2.38. The summed E-state index contributed by atoms with van der Waals surface area (Å²) >= 11 is 26.1. The Morgan fingerprint density at radius 1 is 1.17 bits per heavy atom. The fraction of sp³-hybridized carbons (Fsp3) is 0.231. The molecular weight excluding hydrogens is 330 g/mol. The number of alkyl halides is 1. The van der Waals surface area contributed by atoms with Crippen LogP contribution >= 0.6 is 57.7 Å². The predicted molar refractivity (Wildman–Crippen MR) is 82.8 cm³/mol. The first-order valence-electron chi connectivity index (χ1n) is 5.30. The van der Waals surface area contributed by atoms with Crippen LogP contribution in [0.2, 0.25) is 15.1 Å². The van der Waals surface area contributed by atoms with E-state index in [-0.39, 0.29) is 5.38 Å². The van der Waals surface area contributed by atoms with Gasteiger partial charge in [0.1, 0.15) is 0 Å². The summed E-state index contributed by atoms with van der Waals surface area (Å²) in [6.07, 6.45) is 0.679. The highest BCUT2D eigenvalue weighted by molar-refractivity contribution is 7.11. The molecule has 0 bridgehead atoms. The van der Waals surface area contributed by atoms with Crippen molar-refractivity contribution in [2.45, 2.75) is 18.7 Å². The molecule has 2 aromatic rings. The zero-order valence-corrected chi connectivity index (χ0v) is 13.4. The first-order valence-corrected chi connectivity index (χ1v) is 7.75. The number of halogens is 4. The molecule has 2 rings (SSSR count). The van der Waals surface area contributed by atoms with Crippen molar-refractivity contribution in [3.63, 3.8) is 0 Å². The van der Waals surface area contributed by atoms with Crippen LogP contribution in [0.3, 0.4) is 0 Å². The SMILES string of the molecule is Cc1csc(C(Cl)Cc2ccc(Cl)c(Cl)c2)c1Cl. The van der Waals surface area contributed by atoms with Crippen LogP contribution in [0.15, 0.2) is 23.6 Å². The topological polar surface area (TPSA) is 0 Å². The van der Waals surface area contributed by atoms with Gasteiger partial charge in [0.15, 0.2) is 0 Å². The molecule has 0 N–H and O–H groups in total. The summed E-state index contributed by atoms with van der Waals surface area (Å²) in [4.78, 5) is 1.00. The number of aryl methyl sites for hydroxylation is 1. The highest BCUT2D eigenvalue weighted by Gasteiger charge is 2.16. The van der Waals surface area contributed by atoms with Crippen molar-refractivity contribution in [1.82, 2.24) is 0 Å². The van der Waals surface area contributed by atoms with Crippen molar-refractivity contribution in [1.29, 1.82) is 0 Å². The summed E-state index contributed by atoms with van der Waals surface area (Å²) in [5.41, 5.74) is 2.11. The summed E-state index contributed by atoms with van der Waals surface area (Å²) in [5, 5.41) is 3.73. The molecule has 1 heterocycles. The first-order chi connectivity index (χ1) is 8.49. The molecule has 0 saturated carbocycles. The molecule has 0 fully saturated rings. The third-order valence-electron chi connectivity index (χ3n) is 2.61. The van der Waals surface area contributed by atoms with Crippen LogP contribution in [0.4, 0.5) is 0 Å². The average molecular weight is 340 g/mol. The lowest BCUT2D eigenvalue weighted by atomic mass is 10.1. The summed E-state index contributed by atoms with van der Waals surface area (Å²) in [6, 6.07) is 5.55. The van der Waals surface area contributed by atoms with Gasteiger partial charge < -0.3 is 0 Å². The van der Waals surface area contributed by atoms with Gasteiger partial charge in [0.2, 0.25) is 0 Å². The van der Waals surface area contributed by atoms with Crippen LogP contribution in [0.25, 0.3) is 0 Å². The van der Waals surface area contributed by atoms with Gasteiger partial charge in [0, 0.05) is 4.88 Å². The molecule has 0 nitrogen and oxygen atoms in total. The number of benzene rings is 1. The quantitative estimate of drug-likeness (QED) is 0.557. The zero-order valence-electron chi connectivity index (χ0n) is 9.51. The van der Waals surface area contributed by atoms with Gasteiger partial charge in [-0.2, -0.15) is 0 Å². The second kappa shape index (κ2) is 6.02. The second-order valence-corrected chi connectivity index (χ2v) is 6.65. The second-order valence-electron chi connectivity index (χ2n) is 4.02. The number of thiophene rings is 1. The van der Waals surface area contributed by atoms with Gasteiger partial charge in [-0.05, 0) is 42.0 Å². The maximum Gasteiger partial charge on any atom is 0.0733 e.